The zero-order valence-corrected chi connectivity index (χ0v) is 18.9. The van der Waals surface area contributed by atoms with Crippen LogP contribution in [0.3, 0.4) is 0 Å². The fourth-order valence-corrected chi connectivity index (χ4v) is 3.88. The van der Waals surface area contributed by atoms with Crippen LogP contribution in [0.15, 0.2) is 42.5 Å². The number of carbonyl (C=O) groups is 3. The summed E-state index contributed by atoms with van der Waals surface area (Å²) in [6.45, 7) is 2.47. The standard InChI is InChI=1S/C25H30N2O6/c1-16-15-19(7-12-22(16)32-2)24(29)27-14-13-26-23(28)17-3-8-20(9-4-17)33-21-10-5-18(6-11-21)25(30)31/h3-4,7-9,12,15,18,21H,5-6,10-11,13-14H2,1-2H3,(H,26,28)(H,27,29)(H,30,31)/t18-,21+. The van der Waals surface area contributed by atoms with Crippen LogP contribution in [-0.2, 0) is 4.79 Å². The summed E-state index contributed by atoms with van der Waals surface area (Å²) in [6, 6.07) is 12.1. The number of nitrogens with one attached hydrogen (secondary N) is 2. The highest BCUT2D eigenvalue weighted by atomic mass is 16.5. The summed E-state index contributed by atoms with van der Waals surface area (Å²) in [6.07, 6.45) is 2.66. The number of carboxylic acid groups (broad SMARTS) is 1. The highest BCUT2D eigenvalue weighted by Gasteiger charge is 2.26. The largest absolute Gasteiger partial charge is 0.496 e. The van der Waals surface area contributed by atoms with Gasteiger partial charge in [-0.05, 0) is 80.6 Å². The van der Waals surface area contributed by atoms with Crippen LogP contribution in [0.25, 0.3) is 0 Å². The Labute approximate surface area is 193 Å². The molecule has 0 atom stereocenters. The van der Waals surface area contributed by atoms with Crippen molar-refractivity contribution in [2.75, 3.05) is 20.2 Å². The summed E-state index contributed by atoms with van der Waals surface area (Å²) in [4.78, 5) is 35.6. The summed E-state index contributed by atoms with van der Waals surface area (Å²) >= 11 is 0. The number of ether oxygens (including phenoxy) is 2. The summed E-state index contributed by atoms with van der Waals surface area (Å²) in [5.41, 5.74) is 1.90. The Morgan fingerprint density at radius 2 is 1.48 bits per heavy atom. The van der Waals surface area contributed by atoms with E-state index in [1.165, 1.54) is 0 Å². The van der Waals surface area contributed by atoms with E-state index in [9.17, 15) is 14.4 Å². The summed E-state index contributed by atoms with van der Waals surface area (Å²) in [5.74, 6) is -0.0830. The average molecular weight is 455 g/mol. The molecule has 1 aliphatic carbocycles. The van der Waals surface area contributed by atoms with Crippen LogP contribution in [0.2, 0.25) is 0 Å². The topological polar surface area (TPSA) is 114 Å². The zero-order chi connectivity index (χ0) is 23.8. The van der Waals surface area contributed by atoms with Gasteiger partial charge in [0.2, 0.25) is 0 Å². The number of hydrogen-bond donors (Lipinski definition) is 3. The van der Waals surface area contributed by atoms with Gasteiger partial charge in [0, 0.05) is 24.2 Å². The first kappa shape index (κ1) is 24.1. The van der Waals surface area contributed by atoms with Crippen LogP contribution in [0, 0.1) is 12.8 Å². The lowest BCUT2D eigenvalue weighted by Crippen LogP contribution is -2.34. The molecule has 8 nitrogen and oxygen atoms in total. The lowest BCUT2D eigenvalue weighted by molar-refractivity contribution is -0.143. The summed E-state index contributed by atoms with van der Waals surface area (Å²) in [7, 11) is 1.58. The minimum absolute atomic E-state index is 0.00150. The highest BCUT2D eigenvalue weighted by molar-refractivity contribution is 5.95. The molecule has 0 saturated heterocycles. The van der Waals surface area contributed by atoms with Gasteiger partial charge in [-0.15, -0.1) is 0 Å². The van der Waals surface area contributed by atoms with Crippen LogP contribution < -0.4 is 20.1 Å². The average Bonchev–Trinajstić information content (AvgIpc) is 2.82. The Morgan fingerprint density at radius 3 is 2.03 bits per heavy atom. The van der Waals surface area contributed by atoms with Crippen molar-refractivity contribution in [1.82, 2.24) is 10.6 Å². The molecule has 3 N–H and O–H groups in total. The maximum atomic E-state index is 12.3. The number of methoxy groups -OCH3 is 1. The lowest BCUT2D eigenvalue weighted by Gasteiger charge is -2.26. The number of aliphatic carboxylic acids is 1. The molecule has 176 valence electrons. The van der Waals surface area contributed by atoms with Crippen LogP contribution in [0.4, 0.5) is 0 Å². The van der Waals surface area contributed by atoms with Crippen molar-refractivity contribution in [3.63, 3.8) is 0 Å². The zero-order valence-electron chi connectivity index (χ0n) is 18.9. The van der Waals surface area contributed by atoms with E-state index in [0.717, 1.165) is 11.3 Å². The quantitative estimate of drug-likeness (QED) is 0.502. The predicted octanol–water partition coefficient (Wildman–Crippen LogP) is 3.19. The molecule has 2 amide bonds. The van der Waals surface area contributed by atoms with Crippen molar-refractivity contribution in [3.05, 3.63) is 59.2 Å². The lowest BCUT2D eigenvalue weighted by atomic mass is 9.87. The SMILES string of the molecule is COc1ccc(C(=O)NCCNC(=O)c2ccc(O[C@H]3CC[C@@H](C(=O)O)CC3)cc2)cc1C. The summed E-state index contributed by atoms with van der Waals surface area (Å²) in [5, 5.41) is 14.6. The number of hydrogen-bond acceptors (Lipinski definition) is 5. The molecule has 0 unspecified atom stereocenters. The van der Waals surface area contributed by atoms with Gasteiger partial charge in [0.25, 0.3) is 11.8 Å². The van der Waals surface area contributed by atoms with Crippen LogP contribution >= 0.6 is 0 Å². The van der Waals surface area contributed by atoms with Gasteiger partial charge in [-0.25, -0.2) is 0 Å². The van der Waals surface area contributed by atoms with Crippen molar-refractivity contribution < 1.29 is 29.0 Å². The van der Waals surface area contributed by atoms with E-state index < -0.39 is 5.97 Å². The van der Waals surface area contributed by atoms with Gasteiger partial charge in [0.05, 0.1) is 19.1 Å². The Bertz CT molecular complexity index is 981. The Balaban J connectivity index is 1.39. The second-order valence-electron chi connectivity index (χ2n) is 8.15. The second kappa shape index (κ2) is 11.4. The van der Waals surface area contributed by atoms with E-state index in [1.807, 2.05) is 6.92 Å². The molecule has 33 heavy (non-hydrogen) atoms. The molecule has 8 heteroatoms. The van der Waals surface area contributed by atoms with Gasteiger partial charge in [-0.2, -0.15) is 0 Å². The van der Waals surface area contributed by atoms with Crippen molar-refractivity contribution in [2.45, 2.75) is 38.7 Å². The fourth-order valence-electron chi connectivity index (χ4n) is 3.88. The molecule has 3 rings (SSSR count). The molecule has 0 spiro atoms. The minimum atomic E-state index is -0.737. The molecule has 1 saturated carbocycles. The molecule has 2 aromatic rings. The number of aryl methyl sites for hydroxylation is 1. The third kappa shape index (κ3) is 6.71. The van der Waals surface area contributed by atoms with E-state index in [-0.39, 0.29) is 23.8 Å². The maximum absolute atomic E-state index is 12.3. The molecule has 0 aromatic heterocycles. The first-order valence-electron chi connectivity index (χ1n) is 11.1. The van der Waals surface area contributed by atoms with Gasteiger partial charge in [-0.1, -0.05) is 0 Å². The molecular weight excluding hydrogens is 424 g/mol. The van der Waals surface area contributed by atoms with Crippen molar-refractivity contribution in [1.29, 1.82) is 0 Å². The number of carbonyl (C=O) groups excluding carboxylic acids is 2. The van der Waals surface area contributed by atoms with Crippen LogP contribution in [0.1, 0.15) is 52.0 Å². The molecule has 0 heterocycles. The highest BCUT2D eigenvalue weighted by Crippen LogP contribution is 2.28. The van der Waals surface area contributed by atoms with E-state index in [4.69, 9.17) is 14.6 Å². The van der Waals surface area contributed by atoms with Crippen LogP contribution in [0.5, 0.6) is 11.5 Å². The van der Waals surface area contributed by atoms with E-state index >= 15 is 0 Å². The maximum Gasteiger partial charge on any atom is 0.306 e. The Hall–Kier alpha value is -3.55. The van der Waals surface area contributed by atoms with E-state index in [2.05, 4.69) is 10.6 Å². The van der Waals surface area contributed by atoms with E-state index in [0.29, 0.717) is 55.6 Å². The van der Waals surface area contributed by atoms with Crippen LogP contribution in [-0.4, -0.2) is 49.2 Å². The smallest absolute Gasteiger partial charge is 0.306 e. The van der Waals surface area contributed by atoms with Gasteiger partial charge in [0.15, 0.2) is 0 Å². The van der Waals surface area contributed by atoms with Crippen molar-refractivity contribution in [2.24, 2.45) is 5.92 Å². The number of carboxylic acids is 1. The first-order chi connectivity index (χ1) is 15.9. The summed E-state index contributed by atoms with van der Waals surface area (Å²) < 4.78 is 11.1. The number of amides is 2. The Kier molecular flexibility index (Phi) is 8.29. The van der Waals surface area contributed by atoms with E-state index in [1.54, 1.807) is 49.6 Å². The van der Waals surface area contributed by atoms with Gasteiger partial charge in [0.1, 0.15) is 11.5 Å². The molecule has 1 aliphatic rings. The van der Waals surface area contributed by atoms with Gasteiger partial charge < -0.3 is 25.2 Å². The third-order valence-corrected chi connectivity index (χ3v) is 5.80. The molecular formula is C25H30N2O6. The normalized spacial score (nSPS) is 17.6. The Morgan fingerprint density at radius 1 is 0.909 bits per heavy atom. The monoisotopic (exact) mass is 454 g/mol. The molecule has 0 bridgehead atoms. The minimum Gasteiger partial charge on any atom is -0.496 e. The predicted molar refractivity (Wildman–Crippen MR) is 123 cm³/mol. The van der Waals surface area contributed by atoms with Gasteiger partial charge >= 0.3 is 5.97 Å². The van der Waals surface area contributed by atoms with Crippen molar-refractivity contribution in [3.8, 4) is 11.5 Å². The number of benzene rings is 2. The van der Waals surface area contributed by atoms with Crippen molar-refractivity contribution >= 4 is 17.8 Å². The number of rotatable bonds is 9. The molecule has 1 fully saturated rings. The second-order valence-corrected chi connectivity index (χ2v) is 8.15. The van der Waals surface area contributed by atoms with Gasteiger partial charge in [-0.3, -0.25) is 14.4 Å². The molecule has 0 aliphatic heterocycles. The fraction of sp³-hybridized carbons (Fsp3) is 0.400. The molecule has 0 radical (unpaired) electrons. The first-order valence-corrected chi connectivity index (χ1v) is 11.1. The third-order valence-electron chi connectivity index (χ3n) is 5.80. The molecule has 2 aromatic carbocycles.